The van der Waals surface area contributed by atoms with Crippen molar-refractivity contribution in [1.29, 1.82) is 0 Å². The minimum absolute atomic E-state index is 0.286. The second-order valence-corrected chi connectivity index (χ2v) is 8.60. The van der Waals surface area contributed by atoms with Crippen molar-refractivity contribution < 1.29 is 9.39 Å². The fourth-order valence-electron chi connectivity index (χ4n) is 5.30. The van der Waals surface area contributed by atoms with Crippen LogP contribution in [0.2, 0.25) is 0 Å². The molecule has 0 aliphatic carbocycles. The molecule has 0 saturated carbocycles. The molecule has 0 N–H and O–H groups in total. The fraction of sp³-hybridized carbons (Fsp3) is 0. The molecule has 0 saturated heterocycles. The monoisotopic (exact) mass is 437 g/mol. The zero-order valence-electron chi connectivity index (χ0n) is 18.0. The van der Waals surface area contributed by atoms with Crippen LogP contribution in [-0.2, 0) is 0 Å². The van der Waals surface area contributed by atoms with Crippen molar-refractivity contribution in [3.63, 3.8) is 0 Å². The van der Waals surface area contributed by atoms with E-state index in [2.05, 4.69) is 64.1 Å². The first kappa shape index (κ1) is 17.9. The quantitative estimate of drug-likeness (QED) is 0.346. The number of para-hydroxylation sites is 3. The first-order valence-corrected chi connectivity index (χ1v) is 11.3. The van der Waals surface area contributed by atoms with Crippen LogP contribution in [-0.4, -0.2) is 21.5 Å². The average molecular weight is 437 g/mol. The molecule has 158 valence electrons. The Morgan fingerprint density at radius 2 is 1.38 bits per heavy atom. The lowest BCUT2D eigenvalue weighted by atomic mass is 9.52. The van der Waals surface area contributed by atoms with E-state index in [-0.39, 0.29) is 6.92 Å². The van der Waals surface area contributed by atoms with Gasteiger partial charge in [0, 0.05) is 34.0 Å². The molecule has 0 spiro atoms. The van der Waals surface area contributed by atoms with Gasteiger partial charge in [-0.25, -0.2) is 4.98 Å². The van der Waals surface area contributed by atoms with Crippen molar-refractivity contribution in [2.75, 3.05) is 0 Å². The van der Waals surface area contributed by atoms with E-state index < -0.39 is 0 Å². The summed E-state index contributed by atoms with van der Waals surface area (Å²) < 4.78 is 15.1. The molecule has 6 heteroatoms. The molecule has 0 amide bonds. The van der Waals surface area contributed by atoms with Gasteiger partial charge >= 0.3 is 6.92 Å². The smallest absolute Gasteiger partial charge is 0.436 e. The van der Waals surface area contributed by atoms with Crippen molar-refractivity contribution in [1.82, 2.24) is 14.5 Å². The largest absolute Gasteiger partial charge is 0.550 e. The maximum atomic E-state index is 6.45. The Hall–Kier alpha value is -4.58. The number of hydrogen-bond acceptors (Lipinski definition) is 4. The summed E-state index contributed by atoms with van der Waals surface area (Å²) >= 11 is 0. The number of fused-ring (bicyclic) bond motifs is 7. The third kappa shape index (κ3) is 2.29. The summed E-state index contributed by atoms with van der Waals surface area (Å²) in [4.78, 5) is 9.85. The fourth-order valence-corrected chi connectivity index (χ4v) is 5.30. The van der Waals surface area contributed by atoms with E-state index in [0.717, 1.165) is 56.4 Å². The Bertz CT molecular complexity index is 1740. The van der Waals surface area contributed by atoms with Gasteiger partial charge in [-0.3, -0.25) is 9.55 Å². The molecule has 5 nitrogen and oxygen atoms in total. The zero-order valence-corrected chi connectivity index (χ0v) is 18.0. The molecule has 6 aromatic rings. The Labute approximate surface area is 195 Å². The molecule has 0 bridgehead atoms. The van der Waals surface area contributed by atoms with Crippen LogP contribution >= 0.6 is 0 Å². The van der Waals surface area contributed by atoms with Gasteiger partial charge in [0.05, 0.1) is 16.7 Å². The number of hydrogen-bond donors (Lipinski definition) is 0. The molecular weight excluding hydrogens is 421 g/mol. The minimum atomic E-state index is -0.286. The summed E-state index contributed by atoms with van der Waals surface area (Å²) in [6.07, 6.45) is 1.78. The zero-order chi connectivity index (χ0) is 22.2. The number of rotatable bonds is 1. The van der Waals surface area contributed by atoms with Crippen LogP contribution in [0.5, 0.6) is 17.2 Å². The standard InChI is InChI=1S/C28H16BN3O2/c1-4-11-20-17(8-1)18-9-2-5-12-21(18)32(20)25-16-24-26-28(31-25)27-23(14-7-15-30-27)34-29(26)19-10-3-6-13-22(19)33-24/h1-16H. The maximum absolute atomic E-state index is 6.45. The molecule has 34 heavy (non-hydrogen) atoms. The number of pyridine rings is 2. The third-order valence-corrected chi connectivity index (χ3v) is 6.74. The van der Waals surface area contributed by atoms with Gasteiger partial charge in [-0.2, -0.15) is 0 Å². The van der Waals surface area contributed by atoms with Gasteiger partial charge in [-0.05, 0) is 30.3 Å². The molecule has 3 aromatic heterocycles. The van der Waals surface area contributed by atoms with Crippen molar-refractivity contribution in [3.05, 3.63) is 97.2 Å². The summed E-state index contributed by atoms with van der Waals surface area (Å²) in [5.74, 6) is 3.08. The van der Waals surface area contributed by atoms with Crippen molar-refractivity contribution >= 4 is 39.6 Å². The summed E-state index contributed by atoms with van der Waals surface area (Å²) in [7, 11) is 0. The molecule has 0 fully saturated rings. The van der Waals surface area contributed by atoms with Gasteiger partial charge < -0.3 is 9.39 Å². The van der Waals surface area contributed by atoms with Gasteiger partial charge in [-0.1, -0.05) is 54.6 Å². The van der Waals surface area contributed by atoms with Crippen LogP contribution in [0, 0.1) is 0 Å². The van der Waals surface area contributed by atoms with E-state index >= 15 is 0 Å². The van der Waals surface area contributed by atoms with Crippen LogP contribution in [0.1, 0.15) is 0 Å². The lowest BCUT2D eigenvalue weighted by Crippen LogP contribution is -2.54. The summed E-state index contributed by atoms with van der Waals surface area (Å²) in [6.45, 7) is -0.286. The van der Waals surface area contributed by atoms with E-state index in [0.29, 0.717) is 0 Å². The molecule has 5 heterocycles. The molecule has 2 aliphatic rings. The van der Waals surface area contributed by atoms with Crippen molar-refractivity contribution in [2.24, 2.45) is 0 Å². The summed E-state index contributed by atoms with van der Waals surface area (Å²) in [5.41, 5.74) is 5.66. The number of ether oxygens (including phenoxy) is 1. The van der Waals surface area contributed by atoms with Gasteiger partial charge in [0.2, 0.25) is 0 Å². The molecule has 0 atom stereocenters. The first-order chi connectivity index (χ1) is 16.9. The second kappa shape index (κ2) is 6.48. The highest BCUT2D eigenvalue weighted by molar-refractivity contribution is 6.84. The molecule has 0 unspecified atom stereocenters. The van der Waals surface area contributed by atoms with Crippen LogP contribution in [0.15, 0.2) is 97.2 Å². The number of benzene rings is 3. The van der Waals surface area contributed by atoms with E-state index in [4.69, 9.17) is 14.4 Å². The maximum Gasteiger partial charge on any atom is 0.436 e. The highest BCUT2D eigenvalue weighted by Crippen LogP contribution is 2.39. The Balaban J connectivity index is 1.48. The highest BCUT2D eigenvalue weighted by Gasteiger charge is 2.42. The van der Waals surface area contributed by atoms with Crippen LogP contribution in [0.4, 0.5) is 0 Å². The molecule has 3 aromatic carbocycles. The van der Waals surface area contributed by atoms with E-state index in [9.17, 15) is 0 Å². The van der Waals surface area contributed by atoms with E-state index in [1.54, 1.807) is 6.20 Å². The molecular formula is C28H16BN3O2. The number of aromatic nitrogens is 3. The lowest BCUT2D eigenvalue weighted by molar-refractivity contribution is 0.478. The van der Waals surface area contributed by atoms with E-state index in [1.807, 2.05) is 36.4 Å². The topological polar surface area (TPSA) is 49.2 Å². The van der Waals surface area contributed by atoms with Crippen LogP contribution < -0.4 is 20.3 Å². The van der Waals surface area contributed by atoms with Gasteiger partial charge in [0.25, 0.3) is 0 Å². The molecule has 0 radical (unpaired) electrons. The lowest BCUT2D eigenvalue weighted by Gasteiger charge is -2.31. The summed E-state index contributed by atoms with van der Waals surface area (Å²) in [6, 6.07) is 30.8. The predicted octanol–water partition coefficient (Wildman–Crippen LogP) is 4.84. The highest BCUT2D eigenvalue weighted by atomic mass is 16.5. The first-order valence-electron chi connectivity index (χ1n) is 11.3. The normalized spacial score (nSPS) is 13.1. The Morgan fingerprint density at radius 1 is 0.676 bits per heavy atom. The van der Waals surface area contributed by atoms with E-state index in [1.165, 1.54) is 10.8 Å². The van der Waals surface area contributed by atoms with Crippen molar-refractivity contribution in [3.8, 4) is 34.5 Å². The van der Waals surface area contributed by atoms with Gasteiger partial charge in [0.1, 0.15) is 28.8 Å². The second-order valence-electron chi connectivity index (χ2n) is 8.60. The van der Waals surface area contributed by atoms with Gasteiger partial charge in [-0.15, -0.1) is 0 Å². The molecule has 8 rings (SSSR count). The molecule has 2 aliphatic heterocycles. The van der Waals surface area contributed by atoms with Crippen molar-refractivity contribution in [2.45, 2.75) is 0 Å². The predicted molar refractivity (Wildman–Crippen MR) is 134 cm³/mol. The average Bonchev–Trinajstić information content (AvgIpc) is 3.23. The minimum Gasteiger partial charge on any atom is -0.550 e. The Morgan fingerprint density at radius 3 is 2.21 bits per heavy atom. The summed E-state index contributed by atoms with van der Waals surface area (Å²) in [5, 5.41) is 2.38. The van der Waals surface area contributed by atoms with Crippen LogP contribution in [0.25, 0.3) is 39.0 Å². The Kier molecular flexibility index (Phi) is 3.42. The SMILES string of the molecule is c1ccc2c(c1)Oc1cc(-n3c4ccccc4c4ccccc43)nc3c1B2Oc1cccnc1-3. The third-order valence-electron chi connectivity index (χ3n) is 6.74. The van der Waals surface area contributed by atoms with Gasteiger partial charge in [0.15, 0.2) is 0 Å². The van der Waals surface area contributed by atoms with Crippen LogP contribution in [0.3, 0.4) is 0 Å². The number of nitrogens with zero attached hydrogens (tertiary/aromatic N) is 3.